The summed E-state index contributed by atoms with van der Waals surface area (Å²) < 4.78 is 0. The highest BCUT2D eigenvalue weighted by Gasteiger charge is 2.14. The van der Waals surface area contributed by atoms with Gasteiger partial charge in [0.15, 0.2) is 5.84 Å². The lowest BCUT2D eigenvalue weighted by atomic mass is 10.2. The fourth-order valence-corrected chi connectivity index (χ4v) is 2.56. The molecule has 2 rings (SSSR count). The summed E-state index contributed by atoms with van der Waals surface area (Å²) in [5.74, 6) is -0.226. The van der Waals surface area contributed by atoms with Crippen molar-refractivity contribution in [2.24, 2.45) is 10.9 Å². The van der Waals surface area contributed by atoms with Gasteiger partial charge in [0, 0.05) is 11.3 Å². The van der Waals surface area contributed by atoms with Gasteiger partial charge in [0.1, 0.15) is 4.88 Å². The number of carbonyl (C=O) groups excluding carboxylic acids is 1. The van der Waals surface area contributed by atoms with Gasteiger partial charge in [-0.1, -0.05) is 17.3 Å². The lowest BCUT2D eigenvalue weighted by molar-refractivity contribution is 0.103. The molecular weight excluding hydrogens is 276 g/mol. The molecule has 0 aliphatic heterocycles. The molecule has 0 radical (unpaired) electrons. The Morgan fingerprint density at radius 1 is 1.45 bits per heavy atom. The zero-order chi connectivity index (χ0) is 14.7. The number of hydrogen-bond donors (Lipinski definition) is 3. The summed E-state index contributed by atoms with van der Waals surface area (Å²) in [6.07, 6.45) is 0. The van der Waals surface area contributed by atoms with Gasteiger partial charge in [0.2, 0.25) is 0 Å². The zero-order valence-corrected chi connectivity index (χ0v) is 11.9. The van der Waals surface area contributed by atoms with Crippen molar-refractivity contribution < 1.29 is 10.0 Å². The Morgan fingerprint density at radius 2 is 2.20 bits per heavy atom. The van der Waals surface area contributed by atoms with E-state index < -0.39 is 0 Å². The van der Waals surface area contributed by atoms with Crippen molar-refractivity contribution in [2.45, 2.75) is 13.8 Å². The Balaban J connectivity index is 2.22. The van der Waals surface area contributed by atoms with Crippen LogP contribution in [0.3, 0.4) is 0 Å². The highest BCUT2D eigenvalue weighted by molar-refractivity contribution is 7.13. The molecule has 0 atom stereocenters. The number of nitrogens with zero attached hydrogens (tertiary/aromatic N) is 2. The van der Waals surface area contributed by atoms with Gasteiger partial charge in [-0.2, -0.15) is 0 Å². The number of hydrogen-bond acceptors (Lipinski definition) is 5. The van der Waals surface area contributed by atoms with Crippen molar-refractivity contribution in [3.63, 3.8) is 0 Å². The van der Waals surface area contributed by atoms with Crippen LogP contribution in [0.2, 0.25) is 0 Å². The first-order chi connectivity index (χ1) is 9.51. The van der Waals surface area contributed by atoms with E-state index in [9.17, 15) is 4.79 Å². The van der Waals surface area contributed by atoms with Crippen LogP contribution in [0.25, 0.3) is 0 Å². The topological polar surface area (TPSA) is 101 Å². The molecule has 0 aliphatic carbocycles. The molecule has 0 bridgehead atoms. The third-order valence-electron chi connectivity index (χ3n) is 2.63. The molecule has 0 aliphatic rings. The monoisotopic (exact) mass is 290 g/mol. The second-order valence-electron chi connectivity index (χ2n) is 4.17. The number of rotatable bonds is 3. The number of thiazole rings is 1. The van der Waals surface area contributed by atoms with Crippen LogP contribution in [0.15, 0.2) is 29.4 Å². The third-order valence-corrected chi connectivity index (χ3v) is 3.71. The van der Waals surface area contributed by atoms with Crippen molar-refractivity contribution in [2.75, 3.05) is 5.32 Å². The normalized spacial score (nSPS) is 11.4. The van der Waals surface area contributed by atoms with Crippen molar-refractivity contribution >= 4 is 28.8 Å². The predicted molar refractivity (Wildman–Crippen MR) is 78.5 cm³/mol. The molecular formula is C13H14N4O2S. The van der Waals surface area contributed by atoms with Gasteiger partial charge in [0.05, 0.1) is 10.7 Å². The van der Waals surface area contributed by atoms with E-state index in [0.717, 1.165) is 5.01 Å². The largest absolute Gasteiger partial charge is 0.409 e. The summed E-state index contributed by atoms with van der Waals surface area (Å²) in [7, 11) is 0. The van der Waals surface area contributed by atoms with Gasteiger partial charge >= 0.3 is 0 Å². The summed E-state index contributed by atoms with van der Waals surface area (Å²) in [5.41, 5.74) is 7.32. The number of anilines is 1. The number of carbonyl (C=O) groups is 1. The predicted octanol–water partition coefficient (Wildman–Crippen LogP) is 2.11. The van der Waals surface area contributed by atoms with E-state index in [1.54, 1.807) is 31.2 Å². The first-order valence-electron chi connectivity index (χ1n) is 5.84. The number of nitrogens with two attached hydrogens (primary N) is 1. The minimum atomic E-state index is -0.218. The number of amidine groups is 1. The van der Waals surface area contributed by atoms with E-state index in [2.05, 4.69) is 15.5 Å². The lowest BCUT2D eigenvalue weighted by Crippen LogP contribution is -2.15. The molecule has 1 amide bonds. The maximum Gasteiger partial charge on any atom is 0.267 e. The number of aryl methyl sites for hydroxylation is 2. The molecule has 0 fully saturated rings. The standard InChI is InChI=1S/C13H14N4O2S/c1-7-11(20-8(2)15-7)13(18)16-10-5-3-4-9(6-10)12(14)17-19/h3-6,19H,1-2H3,(H2,14,17)(H,16,18). The fraction of sp³-hybridized carbons (Fsp3) is 0.154. The summed E-state index contributed by atoms with van der Waals surface area (Å²) in [6.45, 7) is 3.65. The first kappa shape index (κ1) is 14.0. The highest BCUT2D eigenvalue weighted by Crippen LogP contribution is 2.19. The molecule has 1 heterocycles. The van der Waals surface area contributed by atoms with Gasteiger partial charge in [-0.25, -0.2) is 4.98 Å². The van der Waals surface area contributed by atoms with Crippen molar-refractivity contribution in [1.82, 2.24) is 4.98 Å². The van der Waals surface area contributed by atoms with Crippen LogP contribution in [0.5, 0.6) is 0 Å². The molecule has 104 valence electrons. The van der Waals surface area contributed by atoms with E-state index in [0.29, 0.717) is 21.8 Å². The molecule has 0 spiro atoms. The summed E-state index contributed by atoms with van der Waals surface area (Å²) in [5, 5.41) is 15.2. The van der Waals surface area contributed by atoms with Crippen molar-refractivity contribution in [3.05, 3.63) is 45.4 Å². The number of amides is 1. The van der Waals surface area contributed by atoms with E-state index in [4.69, 9.17) is 10.9 Å². The minimum absolute atomic E-state index is 0.00841. The smallest absolute Gasteiger partial charge is 0.267 e. The van der Waals surface area contributed by atoms with Crippen LogP contribution in [0.1, 0.15) is 25.9 Å². The Morgan fingerprint density at radius 3 is 2.80 bits per heavy atom. The third kappa shape index (κ3) is 2.94. The van der Waals surface area contributed by atoms with Crippen LogP contribution >= 0.6 is 11.3 Å². The van der Waals surface area contributed by atoms with Crippen molar-refractivity contribution in [1.29, 1.82) is 0 Å². The molecule has 2 aromatic rings. The van der Waals surface area contributed by atoms with Crippen LogP contribution in [-0.2, 0) is 0 Å². The van der Waals surface area contributed by atoms with E-state index in [1.807, 2.05) is 6.92 Å². The first-order valence-corrected chi connectivity index (χ1v) is 6.66. The van der Waals surface area contributed by atoms with E-state index >= 15 is 0 Å². The van der Waals surface area contributed by atoms with Gasteiger partial charge in [-0.3, -0.25) is 4.79 Å². The number of benzene rings is 1. The summed E-state index contributed by atoms with van der Waals surface area (Å²) >= 11 is 1.35. The number of nitrogens with one attached hydrogen (secondary N) is 1. The van der Waals surface area contributed by atoms with E-state index in [-0.39, 0.29) is 11.7 Å². The Bertz CT molecular complexity index is 679. The van der Waals surface area contributed by atoms with Crippen LogP contribution in [-0.4, -0.2) is 21.9 Å². The van der Waals surface area contributed by atoms with Crippen LogP contribution < -0.4 is 11.1 Å². The van der Waals surface area contributed by atoms with Crippen LogP contribution in [0, 0.1) is 13.8 Å². The summed E-state index contributed by atoms with van der Waals surface area (Å²) in [4.78, 5) is 16.9. The van der Waals surface area contributed by atoms with Gasteiger partial charge in [0.25, 0.3) is 5.91 Å². The van der Waals surface area contributed by atoms with Gasteiger partial charge < -0.3 is 16.3 Å². The SMILES string of the molecule is Cc1nc(C)c(C(=O)Nc2cccc(/C(N)=N/O)c2)s1. The van der Waals surface area contributed by atoms with E-state index in [1.165, 1.54) is 11.3 Å². The molecule has 0 unspecified atom stereocenters. The minimum Gasteiger partial charge on any atom is -0.409 e. The summed E-state index contributed by atoms with van der Waals surface area (Å²) in [6, 6.07) is 6.77. The molecule has 0 saturated carbocycles. The average Bonchev–Trinajstić information content (AvgIpc) is 2.77. The van der Waals surface area contributed by atoms with Crippen molar-refractivity contribution in [3.8, 4) is 0 Å². The van der Waals surface area contributed by atoms with Crippen LogP contribution in [0.4, 0.5) is 5.69 Å². The average molecular weight is 290 g/mol. The molecule has 20 heavy (non-hydrogen) atoms. The highest BCUT2D eigenvalue weighted by atomic mass is 32.1. The molecule has 4 N–H and O–H groups in total. The second-order valence-corrected chi connectivity index (χ2v) is 5.37. The number of oxime groups is 1. The fourth-order valence-electron chi connectivity index (χ4n) is 1.74. The van der Waals surface area contributed by atoms with Gasteiger partial charge in [-0.15, -0.1) is 11.3 Å². The maximum absolute atomic E-state index is 12.1. The lowest BCUT2D eigenvalue weighted by Gasteiger charge is -2.06. The Labute approximate surface area is 120 Å². The Hall–Kier alpha value is -2.41. The quantitative estimate of drug-likeness (QED) is 0.349. The maximum atomic E-state index is 12.1. The molecule has 6 nitrogen and oxygen atoms in total. The van der Waals surface area contributed by atoms with Gasteiger partial charge in [-0.05, 0) is 26.0 Å². The molecule has 0 saturated heterocycles. The molecule has 1 aromatic carbocycles. The zero-order valence-electron chi connectivity index (χ0n) is 11.0. The molecule has 1 aromatic heterocycles. The molecule has 7 heteroatoms. The number of aromatic nitrogens is 1. The second kappa shape index (κ2) is 5.70. The Kier molecular flexibility index (Phi) is 3.99.